The molecule has 0 bridgehead atoms. The van der Waals surface area contributed by atoms with Crippen LogP contribution < -0.4 is 0 Å². The number of benzene rings is 1. The van der Waals surface area contributed by atoms with Crippen LogP contribution in [-0.4, -0.2) is 29.8 Å². The number of halogens is 1. The second kappa shape index (κ2) is 6.48. The van der Waals surface area contributed by atoms with Crippen molar-refractivity contribution in [3.63, 3.8) is 0 Å². The fraction of sp³-hybridized carbons (Fsp3) is 0.533. The van der Waals surface area contributed by atoms with Crippen LogP contribution in [0.1, 0.15) is 43.0 Å². The van der Waals surface area contributed by atoms with Gasteiger partial charge >= 0.3 is 0 Å². The van der Waals surface area contributed by atoms with Crippen LogP contribution in [0, 0.1) is 0 Å². The van der Waals surface area contributed by atoms with Crippen molar-refractivity contribution < 1.29 is 4.79 Å². The molecule has 1 aliphatic rings. The van der Waals surface area contributed by atoms with Gasteiger partial charge in [-0.25, -0.2) is 0 Å². The van der Waals surface area contributed by atoms with E-state index in [4.69, 9.17) is 0 Å². The van der Waals surface area contributed by atoms with Gasteiger partial charge in [0.2, 0.25) is 0 Å². The highest BCUT2D eigenvalue weighted by molar-refractivity contribution is 9.10. The van der Waals surface area contributed by atoms with E-state index in [0.29, 0.717) is 0 Å². The molecule has 98 valence electrons. The van der Waals surface area contributed by atoms with E-state index < -0.39 is 0 Å². The number of hydrogen-bond donors (Lipinski definition) is 0. The summed E-state index contributed by atoms with van der Waals surface area (Å²) in [6.45, 7) is 4.30. The lowest BCUT2D eigenvalue weighted by molar-refractivity contribution is 0.0837. The minimum absolute atomic E-state index is 0.0757. The summed E-state index contributed by atoms with van der Waals surface area (Å²) in [5.41, 5.74) is 0.828. The summed E-state index contributed by atoms with van der Waals surface area (Å²) in [6.07, 6.45) is 4.48. The Labute approximate surface area is 117 Å². The highest BCUT2D eigenvalue weighted by Gasteiger charge is 2.27. The molecule has 1 aliphatic heterocycles. The lowest BCUT2D eigenvalue weighted by atomic mass is 9.99. The van der Waals surface area contributed by atoms with Crippen LogP contribution in [0.3, 0.4) is 0 Å². The Bertz CT molecular complexity index is 413. The fourth-order valence-electron chi connectivity index (χ4n) is 2.64. The average molecular weight is 310 g/mol. The van der Waals surface area contributed by atoms with Crippen LogP contribution in [-0.2, 0) is 0 Å². The molecular weight excluding hydrogens is 290 g/mol. The molecule has 1 saturated heterocycles. The van der Waals surface area contributed by atoms with Gasteiger partial charge in [0.05, 0.1) is 6.04 Å². The van der Waals surface area contributed by atoms with E-state index in [1.807, 2.05) is 24.3 Å². The van der Waals surface area contributed by atoms with Crippen molar-refractivity contribution in [2.45, 2.75) is 38.6 Å². The molecule has 0 aliphatic carbocycles. The van der Waals surface area contributed by atoms with E-state index in [1.165, 1.54) is 12.8 Å². The Balaban J connectivity index is 2.17. The largest absolute Gasteiger partial charge is 0.293 e. The first-order valence-electron chi connectivity index (χ1n) is 6.76. The molecule has 0 saturated carbocycles. The van der Waals surface area contributed by atoms with E-state index in [-0.39, 0.29) is 11.8 Å². The van der Waals surface area contributed by atoms with Gasteiger partial charge in [-0.15, -0.1) is 0 Å². The van der Waals surface area contributed by atoms with Crippen LogP contribution in [0.25, 0.3) is 0 Å². The Morgan fingerprint density at radius 1 is 1.39 bits per heavy atom. The van der Waals surface area contributed by atoms with E-state index in [0.717, 1.165) is 36.0 Å². The number of nitrogens with zero attached hydrogens (tertiary/aromatic N) is 1. The van der Waals surface area contributed by atoms with Gasteiger partial charge in [-0.3, -0.25) is 9.69 Å². The van der Waals surface area contributed by atoms with E-state index in [1.54, 1.807) is 0 Å². The van der Waals surface area contributed by atoms with Crippen molar-refractivity contribution in [2.24, 2.45) is 0 Å². The van der Waals surface area contributed by atoms with Gasteiger partial charge in [0, 0.05) is 10.0 Å². The Morgan fingerprint density at radius 3 is 2.72 bits per heavy atom. The maximum atomic E-state index is 12.6. The third-order valence-electron chi connectivity index (χ3n) is 3.56. The predicted octanol–water partition coefficient (Wildman–Crippen LogP) is 3.90. The molecule has 18 heavy (non-hydrogen) atoms. The maximum Gasteiger partial charge on any atom is 0.179 e. The van der Waals surface area contributed by atoms with E-state index >= 15 is 0 Å². The van der Waals surface area contributed by atoms with Crippen molar-refractivity contribution in [1.82, 2.24) is 4.90 Å². The van der Waals surface area contributed by atoms with Gasteiger partial charge in [-0.2, -0.15) is 0 Å². The standard InChI is InChI=1S/C15H20BrNO/c1-2-6-14(17-9-3-4-10-17)15(18)12-7-5-8-13(16)11-12/h5,7-8,11,14H,2-4,6,9-10H2,1H3. The zero-order valence-electron chi connectivity index (χ0n) is 10.9. The van der Waals surface area contributed by atoms with Crippen molar-refractivity contribution in [3.8, 4) is 0 Å². The number of likely N-dealkylation sites (tertiary alicyclic amines) is 1. The van der Waals surface area contributed by atoms with Gasteiger partial charge in [-0.1, -0.05) is 41.4 Å². The number of carbonyl (C=O) groups is 1. The summed E-state index contributed by atoms with van der Waals surface area (Å²) >= 11 is 3.44. The number of rotatable bonds is 5. The summed E-state index contributed by atoms with van der Waals surface area (Å²) in [5.74, 6) is 0.278. The molecule has 1 aromatic rings. The molecule has 1 atom stereocenters. The lowest BCUT2D eigenvalue weighted by Gasteiger charge is -2.26. The van der Waals surface area contributed by atoms with Crippen LogP contribution >= 0.6 is 15.9 Å². The molecular formula is C15H20BrNO. The van der Waals surface area contributed by atoms with Crippen molar-refractivity contribution >= 4 is 21.7 Å². The number of carbonyl (C=O) groups excluding carboxylic acids is 1. The summed E-state index contributed by atoms with van der Waals surface area (Å²) in [6, 6.07) is 7.82. The Kier molecular flexibility index (Phi) is 4.95. The molecule has 1 aromatic carbocycles. The topological polar surface area (TPSA) is 20.3 Å². The quantitative estimate of drug-likeness (QED) is 0.769. The lowest BCUT2D eigenvalue weighted by Crippen LogP contribution is -2.39. The minimum atomic E-state index is 0.0757. The number of Topliss-reactive ketones (excluding diaryl/α,β-unsaturated/α-hetero) is 1. The third-order valence-corrected chi connectivity index (χ3v) is 4.05. The molecule has 1 unspecified atom stereocenters. The highest BCUT2D eigenvalue weighted by atomic mass is 79.9. The van der Waals surface area contributed by atoms with Crippen LogP contribution in [0.4, 0.5) is 0 Å². The van der Waals surface area contributed by atoms with Gasteiger partial charge < -0.3 is 0 Å². The number of hydrogen-bond acceptors (Lipinski definition) is 2. The summed E-state index contributed by atoms with van der Waals surface area (Å²) in [4.78, 5) is 15.0. The van der Waals surface area contributed by atoms with Gasteiger partial charge in [-0.05, 0) is 44.5 Å². The molecule has 0 N–H and O–H groups in total. The first kappa shape index (κ1) is 13.8. The fourth-order valence-corrected chi connectivity index (χ4v) is 3.04. The van der Waals surface area contributed by atoms with Gasteiger partial charge in [0.15, 0.2) is 5.78 Å². The number of ketones is 1. The summed E-state index contributed by atoms with van der Waals surface area (Å²) in [5, 5.41) is 0. The molecule has 2 nitrogen and oxygen atoms in total. The molecule has 2 rings (SSSR count). The van der Waals surface area contributed by atoms with E-state index in [2.05, 4.69) is 27.8 Å². The van der Waals surface area contributed by atoms with Crippen molar-refractivity contribution in [3.05, 3.63) is 34.3 Å². The van der Waals surface area contributed by atoms with Crippen molar-refractivity contribution in [1.29, 1.82) is 0 Å². The van der Waals surface area contributed by atoms with E-state index in [9.17, 15) is 4.79 Å². The van der Waals surface area contributed by atoms with Crippen LogP contribution in [0.15, 0.2) is 28.7 Å². The molecule has 1 heterocycles. The smallest absolute Gasteiger partial charge is 0.179 e. The average Bonchev–Trinajstić information content (AvgIpc) is 2.89. The maximum absolute atomic E-state index is 12.6. The monoisotopic (exact) mass is 309 g/mol. The normalized spacial score (nSPS) is 17.9. The van der Waals surface area contributed by atoms with Crippen molar-refractivity contribution in [2.75, 3.05) is 13.1 Å². The molecule has 1 fully saturated rings. The molecule has 3 heteroatoms. The minimum Gasteiger partial charge on any atom is -0.293 e. The predicted molar refractivity (Wildman–Crippen MR) is 78.0 cm³/mol. The van der Waals surface area contributed by atoms with Crippen LogP contribution in [0.5, 0.6) is 0 Å². The Morgan fingerprint density at radius 2 is 2.11 bits per heavy atom. The van der Waals surface area contributed by atoms with Gasteiger partial charge in [0.25, 0.3) is 0 Å². The summed E-state index contributed by atoms with van der Waals surface area (Å²) in [7, 11) is 0. The molecule has 0 aromatic heterocycles. The first-order chi connectivity index (χ1) is 8.72. The molecule has 0 amide bonds. The molecule has 0 radical (unpaired) electrons. The van der Waals surface area contributed by atoms with Crippen LogP contribution in [0.2, 0.25) is 0 Å². The second-order valence-electron chi connectivity index (χ2n) is 4.92. The first-order valence-corrected chi connectivity index (χ1v) is 7.55. The van der Waals surface area contributed by atoms with Gasteiger partial charge in [0.1, 0.15) is 0 Å². The second-order valence-corrected chi connectivity index (χ2v) is 5.84. The third kappa shape index (κ3) is 3.21. The zero-order valence-corrected chi connectivity index (χ0v) is 12.4. The molecule has 0 spiro atoms. The summed E-state index contributed by atoms with van der Waals surface area (Å²) < 4.78 is 0.977. The zero-order chi connectivity index (χ0) is 13.0. The highest BCUT2D eigenvalue weighted by Crippen LogP contribution is 2.21. The Hall–Kier alpha value is -0.670. The SMILES string of the molecule is CCCC(C(=O)c1cccc(Br)c1)N1CCCC1.